The van der Waals surface area contributed by atoms with Crippen LogP contribution in [0.4, 0.5) is 5.69 Å². The number of aryl methyl sites for hydroxylation is 1. The van der Waals surface area contributed by atoms with E-state index in [2.05, 4.69) is 5.32 Å². The van der Waals surface area contributed by atoms with E-state index in [1.54, 1.807) is 12.1 Å². The highest BCUT2D eigenvalue weighted by Crippen LogP contribution is 2.45. The van der Waals surface area contributed by atoms with Crippen molar-refractivity contribution in [3.63, 3.8) is 0 Å². The van der Waals surface area contributed by atoms with E-state index in [1.165, 1.54) is 7.11 Å². The molecule has 0 saturated heterocycles. The largest absolute Gasteiger partial charge is 0.494 e. The van der Waals surface area contributed by atoms with Gasteiger partial charge in [-0.25, -0.2) is 4.79 Å². The van der Waals surface area contributed by atoms with E-state index < -0.39 is 11.5 Å². The predicted molar refractivity (Wildman–Crippen MR) is 82.6 cm³/mol. The number of carbonyl (C=O) groups is 2. The third-order valence-corrected chi connectivity index (χ3v) is 4.44. The Hall–Kier alpha value is -1.53. The van der Waals surface area contributed by atoms with Crippen LogP contribution < -0.4 is 5.32 Å². The molecule has 2 rings (SSSR count). The number of hydrogen-bond donors (Lipinski definition) is 1. The Balaban J connectivity index is 2.33. The Labute approximate surface area is 130 Å². The molecule has 1 aromatic carbocycles. The number of methoxy groups -OCH3 is 1. The molecule has 114 valence electrons. The lowest BCUT2D eigenvalue weighted by molar-refractivity contribution is -0.780. The standard InChI is InChI=1S/C15H20N2O3S/c1-10-6-5-7-11(13(18)20-4)12(10)16-14(19)15(8-9-15)17(2,3)21/h5-7H,8-9H2,1-4H3,(H,16,19). The van der Waals surface area contributed by atoms with Gasteiger partial charge >= 0.3 is 5.97 Å². The molecule has 1 aliphatic carbocycles. The molecule has 1 N–H and O–H groups in total. The summed E-state index contributed by atoms with van der Waals surface area (Å²) in [6.45, 7) is 1.84. The number of quaternary nitrogens is 1. The average molecular weight is 308 g/mol. The number of anilines is 1. The van der Waals surface area contributed by atoms with Gasteiger partial charge in [0.25, 0.3) is 5.91 Å². The second-order valence-corrected chi connectivity index (χ2v) is 6.74. The molecule has 1 fully saturated rings. The van der Waals surface area contributed by atoms with Gasteiger partial charge in [-0.3, -0.25) is 4.79 Å². The number of esters is 1. The summed E-state index contributed by atoms with van der Waals surface area (Å²) in [7, 11) is 4.99. The number of benzene rings is 1. The highest BCUT2D eigenvalue weighted by atomic mass is 32.1. The number of likely N-dealkylation sites (N-methyl/N-ethyl adjacent to an activating group) is 1. The molecule has 1 aromatic rings. The summed E-state index contributed by atoms with van der Waals surface area (Å²) in [6.07, 6.45) is 1.52. The third-order valence-electron chi connectivity index (χ3n) is 4.09. The van der Waals surface area contributed by atoms with Gasteiger partial charge in [0.2, 0.25) is 0 Å². The molecule has 0 unspecified atom stereocenters. The summed E-state index contributed by atoms with van der Waals surface area (Å²) in [5.41, 5.74) is 1.10. The van der Waals surface area contributed by atoms with Gasteiger partial charge in [-0.1, -0.05) is 12.1 Å². The number of rotatable bonds is 4. The molecular formula is C15H20N2O3S. The van der Waals surface area contributed by atoms with Crippen LogP contribution in [0.2, 0.25) is 0 Å². The molecule has 1 aliphatic rings. The first kappa shape index (κ1) is 15.9. The van der Waals surface area contributed by atoms with Crippen LogP contribution in [0.15, 0.2) is 18.2 Å². The Morgan fingerprint density at radius 1 is 1.33 bits per heavy atom. The molecule has 0 aliphatic heterocycles. The molecule has 0 bridgehead atoms. The van der Waals surface area contributed by atoms with Gasteiger partial charge in [-0.15, -0.1) is 0 Å². The lowest BCUT2D eigenvalue weighted by Crippen LogP contribution is -2.53. The van der Waals surface area contributed by atoms with Crippen molar-refractivity contribution in [1.82, 2.24) is 0 Å². The van der Waals surface area contributed by atoms with Crippen molar-refractivity contribution in [2.45, 2.75) is 25.3 Å². The van der Waals surface area contributed by atoms with Crippen molar-refractivity contribution in [1.29, 1.82) is 0 Å². The fraction of sp³-hybridized carbons (Fsp3) is 0.467. The Morgan fingerprint density at radius 2 is 1.95 bits per heavy atom. The van der Waals surface area contributed by atoms with Crippen molar-refractivity contribution in [3.05, 3.63) is 29.3 Å². The lowest BCUT2D eigenvalue weighted by Gasteiger charge is -2.43. The van der Waals surface area contributed by atoms with Gasteiger partial charge in [0.1, 0.15) is 0 Å². The molecule has 0 aromatic heterocycles. The zero-order valence-electron chi connectivity index (χ0n) is 12.7. The second kappa shape index (κ2) is 5.35. The van der Waals surface area contributed by atoms with E-state index in [0.717, 1.165) is 18.4 Å². The molecule has 0 spiro atoms. The second-order valence-electron chi connectivity index (χ2n) is 5.83. The number of para-hydroxylation sites is 1. The van der Waals surface area contributed by atoms with Gasteiger partial charge < -0.3 is 26.8 Å². The summed E-state index contributed by atoms with van der Waals surface area (Å²) in [5, 5.41) is 2.88. The first-order chi connectivity index (χ1) is 9.73. The van der Waals surface area contributed by atoms with Crippen molar-refractivity contribution < 1.29 is 18.2 Å². The zero-order valence-corrected chi connectivity index (χ0v) is 13.5. The summed E-state index contributed by atoms with van der Waals surface area (Å²) in [4.78, 5) is 24.4. The van der Waals surface area contributed by atoms with E-state index in [1.807, 2.05) is 27.1 Å². The SMILES string of the molecule is COC(=O)c1cccc(C)c1NC(=O)C1([N+](C)(C)[S-])CC1. The van der Waals surface area contributed by atoms with Crippen LogP contribution in [0.3, 0.4) is 0 Å². The number of ether oxygens (including phenoxy) is 1. The number of carbonyl (C=O) groups excluding carboxylic acids is 2. The molecule has 0 radical (unpaired) electrons. The zero-order chi connectivity index (χ0) is 15.8. The maximum Gasteiger partial charge on any atom is 0.339 e. The average Bonchev–Trinajstić information content (AvgIpc) is 3.21. The molecule has 0 atom stereocenters. The van der Waals surface area contributed by atoms with Crippen LogP contribution in [0.1, 0.15) is 28.8 Å². The molecule has 1 amide bonds. The van der Waals surface area contributed by atoms with Crippen LogP contribution in [0.25, 0.3) is 0 Å². The quantitative estimate of drug-likeness (QED) is 0.523. The van der Waals surface area contributed by atoms with Gasteiger partial charge in [0.15, 0.2) is 5.54 Å². The van der Waals surface area contributed by atoms with Crippen LogP contribution in [-0.4, -0.2) is 42.5 Å². The first-order valence-electron chi connectivity index (χ1n) is 6.77. The van der Waals surface area contributed by atoms with Crippen LogP contribution >= 0.6 is 0 Å². The highest BCUT2D eigenvalue weighted by Gasteiger charge is 2.58. The van der Waals surface area contributed by atoms with E-state index in [9.17, 15) is 9.59 Å². The lowest BCUT2D eigenvalue weighted by atomic mass is 10.1. The molecule has 0 heterocycles. The Morgan fingerprint density at radius 3 is 2.43 bits per heavy atom. The topological polar surface area (TPSA) is 55.4 Å². The van der Waals surface area contributed by atoms with Crippen molar-refractivity contribution in [3.8, 4) is 0 Å². The van der Waals surface area contributed by atoms with Crippen molar-refractivity contribution >= 4 is 30.4 Å². The maximum absolute atomic E-state index is 12.6. The van der Waals surface area contributed by atoms with Gasteiger partial charge in [-0.2, -0.15) is 0 Å². The fourth-order valence-electron chi connectivity index (χ4n) is 2.47. The van der Waals surface area contributed by atoms with Crippen molar-refractivity contribution in [2.24, 2.45) is 0 Å². The van der Waals surface area contributed by atoms with E-state index >= 15 is 0 Å². The molecule has 6 heteroatoms. The predicted octanol–water partition coefficient (Wildman–Crippen LogP) is 1.79. The smallest absolute Gasteiger partial charge is 0.339 e. The number of nitrogens with zero attached hydrogens (tertiary/aromatic N) is 1. The minimum absolute atomic E-state index is 0.137. The summed E-state index contributed by atoms with van der Waals surface area (Å²) in [6, 6.07) is 5.24. The number of hydrogen-bond acceptors (Lipinski definition) is 4. The third kappa shape index (κ3) is 2.78. The van der Waals surface area contributed by atoms with Gasteiger partial charge in [0, 0.05) is 12.8 Å². The first-order valence-corrected chi connectivity index (χ1v) is 7.14. The minimum atomic E-state index is -0.578. The summed E-state index contributed by atoms with van der Waals surface area (Å²) < 4.78 is 4.93. The van der Waals surface area contributed by atoms with Gasteiger partial charge in [-0.05, 0) is 18.6 Å². The molecule has 5 nitrogen and oxygen atoms in total. The van der Waals surface area contributed by atoms with E-state index in [4.69, 9.17) is 17.6 Å². The number of amides is 1. The van der Waals surface area contributed by atoms with Crippen LogP contribution in [-0.2, 0) is 22.3 Å². The molecule has 1 saturated carbocycles. The summed E-state index contributed by atoms with van der Waals surface area (Å²) in [5.74, 6) is -0.604. The minimum Gasteiger partial charge on any atom is -0.494 e. The number of nitrogens with one attached hydrogen (secondary N) is 1. The van der Waals surface area contributed by atoms with Crippen molar-refractivity contribution in [2.75, 3.05) is 26.5 Å². The van der Waals surface area contributed by atoms with E-state index in [-0.39, 0.29) is 9.80 Å². The van der Waals surface area contributed by atoms with Crippen LogP contribution in [0, 0.1) is 6.92 Å². The van der Waals surface area contributed by atoms with E-state index in [0.29, 0.717) is 11.3 Å². The monoisotopic (exact) mass is 308 g/mol. The fourth-order valence-corrected chi connectivity index (χ4v) is 2.74. The molecule has 21 heavy (non-hydrogen) atoms. The Bertz CT molecular complexity index is 589. The normalized spacial score (nSPS) is 16.2. The van der Waals surface area contributed by atoms with Gasteiger partial charge in [0.05, 0.1) is 32.5 Å². The van der Waals surface area contributed by atoms with Crippen LogP contribution in [0.5, 0.6) is 0 Å². The maximum atomic E-state index is 12.6. The highest BCUT2D eigenvalue weighted by molar-refractivity contribution is 7.52. The summed E-state index contributed by atoms with van der Waals surface area (Å²) >= 11 is 5.40. The Kier molecular flexibility index (Phi) is 4.04. The molecular weight excluding hydrogens is 288 g/mol.